The van der Waals surface area contributed by atoms with Crippen molar-refractivity contribution in [1.82, 2.24) is 0 Å². The molecule has 0 spiro atoms. The molecule has 2 aromatic rings. The second-order valence-electron chi connectivity index (χ2n) is 11.6. The Morgan fingerprint density at radius 2 is 0.727 bits per heavy atom. The van der Waals surface area contributed by atoms with Gasteiger partial charge in [-0.15, -0.1) is 0 Å². The summed E-state index contributed by atoms with van der Waals surface area (Å²) in [4.78, 5) is 0. The second kappa shape index (κ2) is 21.6. The Bertz CT molecular complexity index is 1110. The van der Waals surface area contributed by atoms with E-state index in [1.807, 2.05) is 12.1 Å². The molecule has 0 heterocycles. The van der Waals surface area contributed by atoms with Gasteiger partial charge in [0.15, 0.2) is 0 Å². The van der Waals surface area contributed by atoms with E-state index in [9.17, 15) is 0 Å². The van der Waals surface area contributed by atoms with Gasteiger partial charge >= 0.3 is 21.7 Å². The Balaban J connectivity index is 0.000000620. The minimum absolute atomic E-state index is 0. The van der Waals surface area contributed by atoms with Gasteiger partial charge in [0, 0.05) is 21.7 Å². The topological polar surface area (TPSA) is 0 Å². The maximum atomic E-state index is 3.80. The minimum atomic E-state index is 0. The summed E-state index contributed by atoms with van der Waals surface area (Å²) < 4.78 is 0. The SMILES string of the molecule is CCC1=[C-]C(CC)(CC)C(CC)=C1CC.CCC1=[C-]C(CC)(CC)C(CC)=C1CC.[Ti+2].[Ti].c1ccc(-c2ccccc2)cc1. The van der Waals surface area contributed by atoms with Crippen molar-refractivity contribution in [2.45, 2.75) is 133 Å². The molecule has 2 aromatic carbocycles. The van der Waals surface area contributed by atoms with E-state index in [1.165, 1.54) is 73.6 Å². The van der Waals surface area contributed by atoms with E-state index >= 15 is 0 Å². The largest absolute Gasteiger partial charge is 2.00 e. The van der Waals surface area contributed by atoms with Gasteiger partial charge in [0.1, 0.15) is 0 Å². The summed E-state index contributed by atoms with van der Waals surface area (Å²) in [7, 11) is 0. The zero-order chi connectivity index (χ0) is 31.2. The van der Waals surface area contributed by atoms with Gasteiger partial charge in [-0.3, -0.25) is 12.2 Å². The summed E-state index contributed by atoms with van der Waals surface area (Å²) >= 11 is 0. The molecule has 0 fully saturated rings. The molecule has 2 heteroatoms. The molecule has 0 amide bonds. The average molecular weight is 661 g/mol. The van der Waals surface area contributed by atoms with E-state index in [0.29, 0.717) is 0 Å². The Morgan fingerprint density at radius 1 is 0.432 bits per heavy atom. The van der Waals surface area contributed by atoms with E-state index in [2.05, 4.69) is 130 Å². The first-order chi connectivity index (χ1) is 20.3. The summed E-state index contributed by atoms with van der Waals surface area (Å²) in [5.41, 5.74) is 12.7. The average Bonchev–Trinajstić information content (AvgIpc) is 3.57. The van der Waals surface area contributed by atoms with Crippen LogP contribution in [0.2, 0.25) is 0 Å². The fourth-order valence-corrected chi connectivity index (χ4v) is 7.35. The smallest absolute Gasteiger partial charge is 0.262 e. The van der Waals surface area contributed by atoms with E-state index in [1.54, 1.807) is 22.3 Å². The molecule has 0 nitrogen and oxygen atoms in total. The summed E-state index contributed by atoms with van der Waals surface area (Å²) in [5.74, 6) is 0. The molecule has 4 rings (SSSR count). The summed E-state index contributed by atoms with van der Waals surface area (Å²) in [6.07, 6.45) is 19.5. The van der Waals surface area contributed by atoms with Gasteiger partial charge in [0.05, 0.1) is 0 Å². The molecule has 2 aliphatic rings. The van der Waals surface area contributed by atoms with Crippen LogP contribution in [0, 0.1) is 23.0 Å². The quantitative estimate of drug-likeness (QED) is 0.166. The van der Waals surface area contributed by atoms with Crippen molar-refractivity contribution in [3.05, 3.63) is 106 Å². The van der Waals surface area contributed by atoms with Crippen molar-refractivity contribution >= 4 is 0 Å². The van der Waals surface area contributed by atoms with Gasteiger partial charge in [0.2, 0.25) is 0 Å². The Morgan fingerprint density at radius 3 is 0.932 bits per heavy atom. The molecule has 0 bridgehead atoms. The van der Waals surface area contributed by atoms with E-state index < -0.39 is 0 Å². The first kappa shape index (κ1) is 42.8. The van der Waals surface area contributed by atoms with Gasteiger partial charge in [-0.05, 0) is 11.1 Å². The number of benzene rings is 2. The first-order valence-electron chi connectivity index (χ1n) is 17.2. The van der Waals surface area contributed by atoms with Gasteiger partial charge in [-0.2, -0.15) is 22.3 Å². The third-order valence-electron chi connectivity index (χ3n) is 9.81. The fraction of sp³-hybridized carbons (Fsp3) is 0.524. The van der Waals surface area contributed by atoms with E-state index in [-0.39, 0.29) is 54.3 Å². The Kier molecular flexibility index (Phi) is 21.0. The zero-order valence-corrected chi connectivity index (χ0v) is 33.0. The van der Waals surface area contributed by atoms with Crippen molar-refractivity contribution < 1.29 is 43.4 Å². The molecule has 44 heavy (non-hydrogen) atoms. The van der Waals surface area contributed by atoms with Crippen LogP contribution in [0.25, 0.3) is 11.1 Å². The van der Waals surface area contributed by atoms with Crippen LogP contribution in [-0.2, 0) is 43.4 Å². The summed E-state index contributed by atoms with van der Waals surface area (Å²) in [6, 6.07) is 20.8. The maximum absolute atomic E-state index is 3.80. The van der Waals surface area contributed by atoms with E-state index in [4.69, 9.17) is 0 Å². The maximum Gasteiger partial charge on any atom is 2.00 e. The molecule has 0 N–H and O–H groups in total. The van der Waals surface area contributed by atoms with E-state index in [0.717, 1.165) is 12.8 Å². The molecule has 236 valence electrons. The van der Waals surface area contributed by atoms with Crippen molar-refractivity contribution in [2.75, 3.05) is 0 Å². The van der Waals surface area contributed by atoms with Crippen LogP contribution in [0.15, 0.2) is 94.1 Å². The molecule has 2 aliphatic carbocycles. The van der Waals surface area contributed by atoms with Gasteiger partial charge in [-0.25, -0.2) is 11.1 Å². The standard InChI is InChI=1S/2C15H25.C12H10.2Ti/c2*1-6-12-11-15(9-4,10-5)14(8-3)13(12)7-2;1-3-7-11(8-4-1)12-9-5-2-6-10-12;;/h2*6-10H2,1-5H3;1-10H;;/q2*-1;;;+2. The zero-order valence-electron chi connectivity index (χ0n) is 29.8. The Labute approximate surface area is 303 Å². The molecule has 0 aromatic heterocycles. The molecule has 0 atom stereocenters. The van der Waals surface area contributed by atoms with Gasteiger partial charge < -0.3 is 0 Å². The van der Waals surface area contributed by atoms with Gasteiger partial charge in [0.25, 0.3) is 0 Å². The Hall–Kier alpha value is -1.17. The molecule has 0 aliphatic heterocycles. The predicted octanol–water partition coefficient (Wildman–Crippen LogP) is 13.5. The summed E-state index contributed by atoms with van der Waals surface area (Å²) in [5, 5.41) is 0. The van der Waals surface area contributed by atoms with Crippen LogP contribution < -0.4 is 0 Å². The van der Waals surface area contributed by atoms with Crippen LogP contribution in [0.5, 0.6) is 0 Å². The van der Waals surface area contributed by atoms with Crippen LogP contribution in [0.1, 0.15) is 133 Å². The molecule has 0 radical (unpaired) electrons. The third-order valence-corrected chi connectivity index (χ3v) is 9.81. The number of rotatable bonds is 11. The first-order valence-corrected chi connectivity index (χ1v) is 17.2. The van der Waals surface area contributed by atoms with Crippen LogP contribution in [-0.4, -0.2) is 0 Å². The molecular weight excluding hydrogens is 600 g/mol. The second-order valence-corrected chi connectivity index (χ2v) is 11.6. The minimum Gasteiger partial charge on any atom is -0.262 e. The predicted molar refractivity (Wildman–Crippen MR) is 187 cm³/mol. The van der Waals surface area contributed by atoms with Gasteiger partial charge in [-0.1, -0.05) is 205 Å². The van der Waals surface area contributed by atoms with Crippen LogP contribution >= 0.6 is 0 Å². The van der Waals surface area contributed by atoms with Crippen molar-refractivity contribution in [2.24, 2.45) is 10.8 Å². The molecule has 0 saturated heterocycles. The molecular formula is C42H60Ti2. The van der Waals surface area contributed by atoms with Crippen molar-refractivity contribution in [3.63, 3.8) is 0 Å². The van der Waals surface area contributed by atoms with Crippen LogP contribution in [0.3, 0.4) is 0 Å². The number of hydrogen-bond acceptors (Lipinski definition) is 0. The number of allylic oxidation sites excluding steroid dienone is 8. The summed E-state index contributed by atoms with van der Waals surface area (Å²) in [6.45, 7) is 22.9. The molecule has 0 unspecified atom stereocenters. The normalized spacial score (nSPS) is 16.0. The van der Waals surface area contributed by atoms with Crippen LogP contribution in [0.4, 0.5) is 0 Å². The number of hydrogen-bond donors (Lipinski definition) is 0. The van der Waals surface area contributed by atoms with Crippen molar-refractivity contribution in [1.29, 1.82) is 0 Å². The monoisotopic (exact) mass is 660 g/mol. The third kappa shape index (κ3) is 9.91. The molecule has 0 saturated carbocycles. The van der Waals surface area contributed by atoms with Crippen molar-refractivity contribution in [3.8, 4) is 11.1 Å². The fourth-order valence-electron chi connectivity index (χ4n) is 7.35.